The van der Waals surface area contributed by atoms with E-state index in [1.165, 1.54) is 12.5 Å². The summed E-state index contributed by atoms with van der Waals surface area (Å²) in [6.07, 6.45) is 4.53. The number of halogens is 1. The summed E-state index contributed by atoms with van der Waals surface area (Å²) < 4.78 is 24.3. The molecule has 1 aromatic carbocycles. The van der Waals surface area contributed by atoms with E-state index in [0.717, 1.165) is 19.3 Å². The molecule has 4 heteroatoms. The fourth-order valence-electron chi connectivity index (χ4n) is 2.49. The summed E-state index contributed by atoms with van der Waals surface area (Å²) in [5, 5.41) is 3.24. The first-order valence-corrected chi connectivity index (χ1v) is 6.37. The molecule has 3 nitrogen and oxygen atoms in total. The van der Waals surface area contributed by atoms with E-state index in [4.69, 9.17) is 9.47 Å². The Hall–Kier alpha value is -1.29. The number of ether oxygens (including phenoxy) is 2. The van der Waals surface area contributed by atoms with E-state index in [1.807, 2.05) is 0 Å². The largest absolute Gasteiger partial charge is 0.497 e. The first-order valence-electron chi connectivity index (χ1n) is 6.37. The SMILES string of the molecule is COc1ccc(F)c(NC2CCCCC2OC)c1. The maximum Gasteiger partial charge on any atom is 0.146 e. The van der Waals surface area contributed by atoms with Crippen LogP contribution in [0.4, 0.5) is 10.1 Å². The molecule has 0 heterocycles. The highest BCUT2D eigenvalue weighted by Crippen LogP contribution is 2.27. The maximum atomic E-state index is 13.7. The predicted octanol–water partition coefficient (Wildman–Crippen LogP) is 3.20. The van der Waals surface area contributed by atoms with Crippen LogP contribution in [0.25, 0.3) is 0 Å². The van der Waals surface area contributed by atoms with Gasteiger partial charge < -0.3 is 14.8 Å². The van der Waals surface area contributed by atoms with Crippen molar-refractivity contribution in [2.45, 2.75) is 37.8 Å². The molecule has 1 fully saturated rings. The average molecular weight is 253 g/mol. The topological polar surface area (TPSA) is 30.5 Å². The summed E-state index contributed by atoms with van der Waals surface area (Å²) >= 11 is 0. The molecule has 1 aliphatic carbocycles. The number of hydrogen-bond donors (Lipinski definition) is 1. The molecule has 0 amide bonds. The van der Waals surface area contributed by atoms with Crippen LogP contribution in [0.2, 0.25) is 0 Å². The van der Waals surface area contributed by atoms with Gasteiger partial charge in [0.15, 0.2) is 0 Å². The van der Waals surface area contributed by atoms with Crippen molar-refractivity contribution in [2.75, 3.05) is 19.5 Å². The minimum atomic E-state index is -0.253. The highest BCUT2D eigenvalue weighted by atomic mass is 19.1. The summed E-state index contributed by atoms with van der Waals surface area (Å²) in [6.45, 7) is 0. The van der Waals surface area contributed by atoms with E-state index < -0.39 is 0 Å². The molecule has 1 saturated carbocycles. The zero-order chi connectivity index (χ0) is 13.0. The van der Waals surface area contributed by atoms with E-state index in [-0.39, 0.29) is 18.0 Å². The molecule has 1 aromatic rings. The van der Waals surface area contributed by atoms with Crippen LogP contribution in [0.5, 0.6) is 5.75 Å². The van der Waals surface area contributed by atoms with Crippen molar-refractivity contribution in [3.8, 4) is 5.75 Å². The van der Waals surface area contributed by atoms with Gasteiger partial charge in [-0.1, -0.05) is 12.8 Å². The number of benzene rings is 1. The van der Waals surface area contributed by atoms with E-state index in [2.05, 4.69) is 5.32 Å². The fourth-order valence-corrected chi connectivity index (χ4v) is 2.49. The third-order valence-electron chi connectivity index (χ3n) is 3.52. The summed E-state index contributed by atoms with van der Waals surface area (Å²) in [7, 11) is 3.29. The van der Waals surface area contributed by atoms with Gasteiger partial charge in [0.25, 0.3) is 0 Å². The third kappa shape index (κ3) is 2.93. The van der Waals surface area contributed by atoms with E-state index in [9.17, 15) is 4.39 Å². The van der Waals surface area contributed by atoms with Gasteiger partial charge in [0.05, 0.1) is 24.9 Å². The second kappa shape index (κ2) is 6.05. The number of anilines is 1. The lowest BCUT2D eigenvalue weighted by Crippen LogP contribution is -2.38. The molecule has 18 heavy (non-hydrogen) atoms. The Kier molecular flexibility index (Phi) is 4.42. The van der Waals surface area contributed by atoms with Crippen LogP contribution in [0, 0.1) is 5.82 Å². The summed E-state index contributed by atoms with van der Waals surface area (Å²) in [5.41, 5.74) is 0.489. The Morgan fingerprint density at radius 2 is 2.00 bits per heavy atom. The molecular weight excluding hydrogens is 233 g/mol. The first-order chi connectivity index (χ1) is 8.74. The Balaban J connectivity index is 2.11. The molecule has 0 saturated heterocycles. The molecule has 0 spiro atoms. The van der Waals surface area contributed by atoms with E-state index >= 15 is 0 Å². The van der Waals surface area contributed by atoms with Gasteiger partial charge in [-0.2, -0.15) is 0 Å². The van der Waals surface area contributed by atoms with Gasteiger partial charge in [0.2, 0.25) is 0 Å². The summed E-state index contributed by atoms with van der Waals surface area (Å²) in [6, 6.07) is 4.91. The quantitative estimate of drug-likeness (QED) is 0.893. The van der Waals surface area contributed by atoms with Crippen LogP contribution in [-0.2, 0) is 4.74 Å². The van der Waals surface area contributed by atoms with Gasteiger partial charge >= 0.3 is 0 Å². The highest BCUT2D eigenvalue weighted by Gasteiger charge is 2.25. The molecule has 1 aliphatic rings. The van der Waals surface area contributed by atoms with Gasteiger partial charge in [-0.15, -0.1) is 0 Å². The second-order valence-electron chi connectivity index (χ2n) is 4.66. The molecule has 0 aromatic heterocycles. The summed E-state index contributed by atoms with van der Waals surface area (Å²) in [5.74, 6) is 0.403. The predicted molar refractivity (Wildman–Crippen MR) is 69.6 cm³/mol. The van der Waals surface area contributed by atoms with E-state index in [1.54, 1.807) is 26.4 Å². The van der Waals surface area contributed by atoms with Crippen molar-refractivity contribution in [3.05, 3.63) is 24.0 Å². The Labute approximate surface area is 107 Å². The molecule has 0 radical (unpaired) electrons. The minimum absolute atomic E-state index is 0.157. The lowest BCUT2D eigenvalue weighted by atomic mass is 9.92. The molecule has 2 unspecified atom stereocenters. The molecule has 0 bridgehead atoms. The van der Waals surface area contributed by atoms with Crippen LogP contribution in [0.1, 0.15) is 25.7 Å². The van der Waals surface area contributed by atoms with Gasteiger partial charge in [0.1, 0.15) is 11.6 Å². The van der Waals surface area contributed by atoms with Crippen molar-refractivity contribution in [3.63, 3.8) is 0 Å². The van der Waals surface area contributed by atoms with Crippen molar-refractivity contribution >= 4 is 5.69 Å². The standard InChI is InChI=1S/C14H20FNO2/c1-17-10-7-8-11(15)13(9-10)16-12-5-3-4-6-14(12)18-2/h7-9,12,14,16H,3-6H2,1-2H3. The molecule has 2 rings (SSSR count). The smallest absolute Gasteiger partial charge is 0.146 e. The Morgan fingerprint density at radius 1 is 1.22 bits per heavy atom. The lowest BCUT2D eigenvalue weighted by Gasteiger charge is -2.32. The lowest BCUT2D eigenvalue weighted by molar-refractivity contribution is 0.0605. The Bertz CT molecular complexity index is 397. The van der Waals surface area contributed by atoms with Crippen LogP contribution in [0.3, 0.4) is 0 Å². The molecule has 2 atom stereocenters. The monoisotopic (exact) mass is 253 g/mol. The fraction of sp³-hybridized carbons (Fsp3) is 0.571. The van der Waals surface area contributed by atoms with Gasteiger partial charge in [-0.25, -0.2) is 4.39 Å². The van der Waals surface area contributed by atoms with Crippen LogP contribution in [0.15, 0.2) is 18.2 Å². The molecule has 0 aliphatic heterocycles. The van der Waals surface area contributed by atoms with Crippen LogP contribution < -0.4 is 10.1 Å². The van der Waals surface area contributed by atoms with Crippen molar-refractivity contribution in [1.82, 2.24) is 0 Å². The number of hydrogen-bond acceptors (Lipinski definition) is 3. The number of rotatable bonds is 4. The zero-order valence-corrected chi connectivity index (χ0v) is 10.9. The highest BCUT2D eigenvalue weighted by molar-refractivity contribution is 5.50. The number of methoxy groups -OCH3 is 2. The molecular formula is C14H20FNO2. The number of nitrogens with one attached hydrogen (secondary N) is 1. The van der Waals surface area contributed by atoms with Gasteiger partial charge in [0, 0.05) is 13.2 Å². The second-order valence-corrected chi connectivity index (χ2v) is 4.66. The summed E-state index contributed by atoms with van der Waals surface area (Å²) in [4.78, 5) is 0. The van der Waals surface area contributed by atoms with Crippen LogP contribution >= 0.6 is 0 Å². The Morgan fingerprint density at radius 3 is 2.72 bits per heavy atom. The first kappa shape index (κ1) is 13.1. The zero-order valence-electron chi connectivity index (χ0n) is 10.9. The molecule has 1 N–H and O–H groups in total. The van der Waals surface area contributed by atoms with Gasteiger partial charge in [-0.3, -0.25) is 0 Å². The van der Waals surface area contributed by atoms with Gasteiger partial charge in [-0.05, 0) is 25.0 Å². The third-order valence-corrected chi connectivity index (χ3v) is 3.52. The van der Waals surface area contributed by atoms with Crippen molar-refractivity contribution < 1.29 is 13.9 Å². The average Bonchev–Trinajstić information content (AvgIpc) is 2.42. The minimum Gasteiger partial charge on any atom is -0.497 e. The van der Waals surface area contributed by atoms with Crippen LogP contribution in [-0.4, -0.2) is 26.4 Å². The maximum absolute atomic E-state index is 13.7. The van der Waals surface area contributed by atoms with Crippen molar-refractivity contribution in [2.24, 2.45) is 0 Å². The van der Waals surface area contributed by atoms with Crippen molar-refractivity contribution in [1.29, 1.82) is 0 Å². The van der Waals surface area contributed by atoms with E-state index in [0.29, 0.717) is 11.4 Å². The molecule has 100 valence electrons. The normalized spacial score (nSPS) is 23.7.